The van der Waals surface area contributed by atoms with Crippen molar-refractivity contribution in [2.75, 3.05) is 6.61 Å². The van der Waals surface area contributed by atoms with Gasteiger partial charge in [-0.15, -0.1) is 0 Å². The number of hydrogen-bond acceptors (Lipinski definition) is 4. The van der Waals surface area contributed by atoms with Gasteiger partial charge in [-0.25, -0.2) is 4.79 Å². The van der Waals surface area contributed by atoms with E-state index >= 15 is 0 Å². The van der Waals surface area contributed by atoms with Gasteiger partial charge in [-0.1, -0.05) is 0 Å². The van der Waals surface area contributed by atoms with E-state index in [1.165, 1.54) is 6.92 Å². The van der Waals surface area contributed by atoms with Crippen molar-refractivity contribution in [2.24, 2.45) is 5.92 Å². The van der Waals surface area contributed by atoms with Crippen LogP contribution in [0.15, 0.2) is 0 Å². The minimum absolute atomic E-state index is 0.306. The van der Waals surface area contributed by atoms with Crippen LogP contribution in [-0.2, 0) is 9.68 Å². The molecule has 0 aromatic heterocycles. The second-order valence-electron chi connectivity index (χ2n) is 1.49. The Morgan fingerprint density at radius 1 is 1.88 bits per heavy atom. The van der Waals surface area contributed by atoms with E-state index in [-0.39, 0.29) is 6.61 Å². The number of carbonyl (C=O) groups is 1. The zero-order chi connectivity index (χ0) is 6.57. The average Bonchev–Trinajstić information content (AvgIpc) is 1.84. The van der Waals surface area contributed by atoms with Gasteiger partial charge in [0.25, 0.3) is 0 Å². The van der Waals surface area contributed by atoms with E-state index in [1.54, 1.807) is 0 Å². The first-order chi connectivity index (χ1) is 3.72. The highest BCUT2D eigenvalue weighted by Crippen LogP contribution is 1.93. The lowest BCUT2D eigenvalue weighted by molar-refractivity contribution is -0.239. The number of rotatable bonds is 2. The van der Waals surface area contributed by atoms with Crippen LogP contribution in [0.2, 0.25) is 0 Å². The Bertz CT molecular complexity index is 80.1. The average molecular weight is 120 g/mol. The van der Waals surface area contributed by atoms with Gasteiger partial charge in [-0.3, -0.25) is 0 Å². The zero-order valence-corrected chi connectivity index (χ0v) is 4.50. The van der Waals surface area contributed by atoms with Crippen molar-refractivity contribution >= 4 is 5.97 Å². The van der Waals surface area contributed by atoms with Crippen LogP contribution in [0, 0.1) is 5.92 Å². The van der Waals surface area contributed by atoms with Crippen molar-refractivity contribution in [3.05, 3.63) is 0 Å². The predicted molar refractivity (Wildman–Crippen MR) is 25.0 cm³/mol. The maximum Gasteiger partial charge on any atom is 0.347 e. The zero-order valence-electron chi connectivity index (χ0n) is 4.50. The largest absolute Gasteiger partial charge is 0.395 e. The Morgan fingerprint density at radius 2 is 2.38 bits per heavy atom. The van der Waals surface area contributed by atoms with Crippen LogP contribution < -0.4 is 0 Å². The van der Waals surface area contributed by atoms with E-state index in [1.807, 2.05) is 0 Å². The van der Waals surface area contributed by atoms with Crippen molar-refractivity contribution in [1.82, 2.24) is 0 Å². The standard InChI is InChI=1S/C4H8O4/c1-3(2-5)4(6)8-7/h3,5,7H,2H2,1H3. The van der Waals surface area contributed by atoms with E-state index in [0.717, 1.165) is 0 Å². The van der Waals surface area contributed by atoms with Gasteiger partial charge in [0.05, 0.1) is 12.5 Å². The highest BCUT2D eigenvalue weighted by molar-refractivity contribution is 5.71. The third-order valence-corrected chi connectivity index (χ3v) is 0.766. The molecule has 0 rings (SSSR count). The minimum Gasteiger partial charge on any atom is -0.395 e. The van der Waals surface area contributed by atoms with E-state index in [9.17, 15) is 4.79 Å². The van der Waals surface area contributed by atoms with Crippen LogP contribution >= 0.6 is 0 Å². The maximum atomic E-state index is 10.1. The normalized spacial score (nSPS) is 12.9. The quantitative estimate of drug-likeness (QED) is 0.385. The Hall–Kier alpha value is -0.610. The van der Waals surface area contributed by atoms with E-state index in [4.69, 9.17) is 10.4 Å². The summed E-state index contributed by atoms with van der Waals surface area (Å²) in [6.45, 7) is 1.14. The lowest BCUT2D eigenvalue weighted by atomic mass is 10.2. The fraction of sp³-hybridized carbons (Fsp3) is 0.750. The summed E-state index contributed by atoms with van der Waals surface area (Å²) < 4.78 is 0. The monoisotopic (exact) mass is 120 g/mol. The van der Waals surface area contributed by atoms with Crippen LogP contribution in [0.1, 0.15) is 6.92 Å². The van der Waals surface area contributed by atoms with Gasteiger partial charge in [0, 0.05) is 0 Å². The highest BCUT2D eigenvalue weighted by Gasteiger charge is 2.11. The Balaban J connectivity index is 3.46. The van der Waals surface area contributed by atoms with Crippen molar-refractivity contribution in [3.8, 4) is 0 Å². The van der Waals surface area contributed by atoms with Crippen molar-refractivity contribution in [2.45, 2.75) is 6.92 Å². The molecule has 0 aromatic carbocycles. The highest BCUT2D eigenvalue weighted by atomic mass is 17.1. The summed E-state index contributed by atoms with van der Waals surface area (Å²) in [6, 6.07) is 0. The summed E-state index contributed by atoms with van der Waals surface area (Å²) in [4.78, 5) is 13.4. The SMILES string of the molecule is CC(CO)C(=O)OO. The fourth-order valence-electron chi connectivity index (χ4n) is 0.165. The summed E-state index contributed by atoms with van der Waals surface area (Å²) in [5.41, 5.74) is 0. The van der Waals surface area contributed by atoms with Gasteiger partial charge in [-0.05, 0) is 6.92 Å². The molecule has 0 radical (unpaired) electrons. The third-order valence-electron chi connectivity index (χ3n) is 0.766. The molecule has 0 heterocycles. The van der Waals surface area contributed by atoms with Crippen molar-refractivity contribution in [1.29, 1.82) is 0 Å². The summed E-state index contributed by atoms with van der Waals surface area (Å²) >= 11 is 0. The van der Waals surface area contributed by atoms with Gasteiger partial charge >= 0.3 is 5.97 Å². The Morgan fingerprint density at radius 3 is 2.50 bits per heavy atom. The maximum absolute atomic E-state index is 10.1. The van der Waals surface area contributed by atoms with Crippen molar-refractivity contribution < 1.29 is 20.0 Å². The molecule has 0 saturated carbocycles. The molecule has 1 unspecified atom stereocenters. The first-order valence-corrected chi connectivity index (χ1v) is 2.18. The fourth-order valence-corrected chi connectivity index (χ4v) is 0.165. The van der Waals surface area contributed by atoms with Crippen LogP contribution in [-0.4, -0.2) is 22.9 Å². The summed E-state index contributed by atoms with van der Waals surface area (Å²) in [7, 11) is 0. The lowest BCUT2D eigenvalue weighted by Crippen LogP contribution is -2.16. The first kappa shape index (κ1) is 7.39. The smallest absolute Gasteiger partial charge is 0.347 e. The van der Waals surface area contributed by atoms with Crippen LogP contribution in [0.3, 0.4) is 0 Å². The summed E-state index contributed by atoms with van der Waals surface area (Å²) in [6.07, 6.45) is 0. The number of carbonyl (C=O) groups excluding carboxylic acids is 1. The second kappa shape index (κ2) is 3.40. The molecule has 0 bridgehead atoms. The van der Waals surface area contributed by atoms with Gasteiger partial charge in [-0.2, -0.15) is 5.26 Å². The molecule has 0 amide bonds. The first-order valence-electron chi connectivity index (χ1n) is 2.18. The Labute approximate surface area is 46.6 Å². The summed E-state index contributed by atoms with van der Waals surface area (Å²) in [5.74, 6) is -1.45. The van der Waals surface area contributed by atoms with Crippen molar-refractivity contribution in [3.63, 3.8) is 0 Å². The molecule has 0 spiro atoms. The van der Waals surface area contributed by atoms with Crippen LogP contribution in [0.25, 0.3) is 0 Å². The molecule has 0 saturated heterocycles. The van der Waals surface area contributed by atoms with Gasteiger partial charge in [0.1, 0.15) is 0 Å². The molecule has 8 heavy (non-hydrogen) atoms. The number of aliphatic hydroxyl groups excluding tert-OH is 1. The van der Waals surface area contributed by atoms with E-state index in [2.05, 4.69) is 4.89 Å². The molecule has 0 aliphatic carbocycles. The molecule has 0 aliphatic rings. The topological polar surface area (TPSA) is 66.8 Å². The number of hydrogen-bond donors (Lipinski definition) is 2. The number of aliphatic hydroxyl groups is 1. The predicted octanol–water partition coefficient (Wildman–Crippen LogP) is -0.369. The minimum atomic E-state index is -0.812. The van der Waals surface area contributed by atoms with Crippen LogP contribution in [0.4, 0.5) is 0 Å². The molecule has 4 heteroatoms. The molecule has 1 atom stereocenters. The van der Waals surface area contributed by atoms with E-state index in [0.29, 0.717) is 0 Å². The molecule has 0 fully saturated rings. The second-order valence-corrected chi connectivity index (χ2v) is 1.49. The lowest BCUT2D eigenvalue weighted by Gasteiger charge is -1.99. The molecule has 4 nitrogen and oxygen atoms in total. The Kier molecular flexibility index (Phi) is 3.14. The molecular weight excluding hydrogens is 112 g/mol. The van der Waals surface area contributed by atoms with Gasteiger partial charge in [0.15, 0.2) is 0 Å². The molecule has 0 aromatic rings. The molecule has 2 N–H and O–H groups in total. The van der Waals surface area contributed by atoms with Crippen LogP contribution in [0.5, 0.6) is 0 Å². The van der Waals surface area contributed by atoms with Gasteiger partial charge < -0.3 is 9.99 Å². The third kappa shape index (κ3) is 1.90. The summed E-state index contributed by atoms with van der Waals surface area (Å²) in [5, 5.41) is 15.9. The molecule has 48 valence electrons. The van der Waals surface area contributed by atoms with Gasteiger partial charge in [0.2, 0.25) is 0 Å². The van der Waals surface area contributed by atoms with E-state index < -0.39 is 11.9 Å². The molecule has 0 aliphatic heterocycles. The molecular formula is C4H8O4.